The van der Waals surface area contributed by atoms with Crippen molar-refractivity contribution in [2.24, 2.45) is 0 Å². The molecule has 1 fully saturated rings. The lowest BCUT2D eigenvalue weighted by Gasteiger charge is -2.40. The van der Waals surface area contributed by atoms with Crippen molar-refractivity contribution in [2.75, 3.05) is 33.3 Å². The zero-order valence-corrected chi connectivity index (χ0v) is 19.3. The minimum Gasteiger partial charge on any atom is -0.497 e. The van der Waals surface area contributed by atoms with E-state index in [1.54, 1.807) is 7.11 Å². The van der Waals surface area contributed by atoms with Crippen molar-refractivity contribution in [1.82, 2.24) is 9.80 Å². The number of piperazine rings is 1. The van der Waals surface area contributed by atoms with Gasteiger partial charge in [-0.05, 0) is 41.0 Å². The summed E-state index contributed by atoms with van der Waals surface area (Å²) in [4.78, 5) is 17.3. The SMILES string of the molecule is COc1cccc(CC(=O)N2CCN([C@H](c3ccccc3)c3ccc(Br)cc3)CC2)c1. The van der Waals surface area contributed by atoms with Crippen LogP contribution in [0.25, 0.3) is 0 Å². The maximum atomic E-state index is 12.9. The molecule has 0 spiro atoms. The number of nitrogens with zero attached hydrogens (tertiary/aromatic N) is 2. The average Bonchev–Trinajstić information content (AvgIpc) is 2.82. The van der Waals surface area contributed by atoms with E-state index < -0.39 is 0 Å². The van der Waals surface area contributed by atoms with Crippen molar-refractivity contribution in [3.8, 4) is 5.75 Å². The largest absolute Gasteiger partial charge is 0.497 e. The van der Waals surface area contributed by atoms with Gasteiger partial charge in [0.2, 0.25) is 5.91 Å². The van der Waals surface area contributed by atoms with Crippen LogP contribution in [-0.2, 0) is 11.2 Å². The molecule has 3 aromatic carbocycles. The smallest absolute Gasteiger partial charge is 0.227 e. The Labute approximate surface area is 192 Å². The Morgan fingerprint density at radius 3 is 2.26 bits per heavy atom. The maximum absolute atomic E-state index is 12.9. The lowest BCUT2D eigenvalue weighted by molar-refractivity contribution is -0.132. The molecule has 1 saturated heterocycles. The molecule has 0 saturated carbocycles. The van der Waals surface area contributed by atoms with Gasteiger partial charge in [0, 0.05) is 30.7 Å². The second kappa shape index (κ2) is 10.1. The fourth-order valence-electron chi connectivity index (χ4n) is 4.19. The van der Waals surface area contributed by atoms with Crippen LogP contribution in [-0.4, -0.2) is 49.0 Å². The highest BCUT2D eigenvalue weighted by atomic mass is 79.9. The van der Waals surface area contributed by atoms with E-state index in [4.69, 9.17) is 4.74 Å². The molecule has 160 valence electrons. The van der Waals surface area contributed by atoms with Crippen LogP contribution in [0.5, 0.6) is 5.75 Å². The van der Waals surface area contributed by atoms with Crippen molar-refractivity contribution in [3.05, 3.63) is 100 Å². The van der Waals surface area contributed by atoms with Crippen LogP contribution < -0.4 is 4.74 Å². The number of methoxy groups -OCH3 is 1. The molecule has 0 bridgehead atoms. The molecule has 0 unspecified atom stereocenters. The van der Waals surface area contributed by atoms with Gasteiger partial charge in [-0.1, -0.05) is 70.5 Å². The first-order valence-electron chi connectivity index (χ1n) is 10.6. The van der Waals surface area contributed by atoms with Crippen molar-refractivity contribution in [3.63, 3.8) is 0 Å². The van der Waals surface area contributed by atoms with Gasteiger partial charge in [0.1, 0.15) is 5.75 Å². The minimum atomic E-state index is 0.174. The van der Waals surface area contributed by atoms with Crippen LogP contribution in [0.15, 0.2) is 83.3 Å². The molecule has 5 heteroatoms. The van der Waals surface area contributed by atoms with Crippen LogP contribution in [0, 0.1) is 0 Å². The van der Waals surface area contributed by atoms with E-state index in [0.717, 1.165) is 42.0 Å². The Balaban J connectivity index is 1.45. The van der Waals surface area contributed by atoms with Crippen LogP contribution in [0.2, 0.25) is 0 Å². The Bertz CT molecular complexity index is 999. The summed E-state index contributed by atoms with van der Waals surface area (Å²) in [6.07, 6.45) is 0.409. The normalized spacial score (nSPS) is 15.5. The summed E-state index contributed by atoms with van der Waals surface area (Å²) in [6.45, 7) is 3.17. The van der Waals surface area contributed by atoms with E-state index in [2.05, 4.69) is 75.4 Å². The predicted molar refractivity (Wildman–Crippen MR) is 127 cm³/mol. The van der Waals surface area contributed by atoms with Gasteiger partial charge in [-0.2, -0.15) is 0 Å². The fourth-order valence-corrected chi connectivity index (χ4v) is 4.46. The molecule has 3 aromatic rings. The van der Waals surface area contributed by atoms with Gasteiger partial charge in [-0.3, -0.25) is 9.69 Å². The minimum absolute atomic E-state index is 0.174. The van der Waals surface area contributed by atoms with Gasteiger partial charge in [0.15, 0.2) is 0 Å². The number of halogens is 1. The summed E-state index contributed by atoms with van der Waals surface area (Å²) in [5.41, 5.74) is 3.54. The van der Waals surface area contributed by atoms with E-state index >= 15 is 0 Å². The summed E-state index contributed by atoms with van der Waals surface area (Å²) in [5.74, 6) is 0.961. The summed E-state index contributed by atoms with van der Waals surface area (Å²) < 4.78 is 6.36. The highest BCUT2D eigenvalue weighted by Gasteiger charge is 2.28. The van der Waals surface area contributed by atoms with Crippen LogP contribution in [0.1, 0.15) is 22.7 Å². The first-order valence-corrected chi connectivity index (χ1v) is 11.4. The molecule has 0 N–H and O–H groups in total. The Hall–Kier alpha value is -2.63. The van der Waals surface area contributed by atoms with Crippen molar-refractivity contribution < 1.29 is 9.53 Å². The van der Waals surface area contributed by atoms with Gasteiger partial charge < -0.3 is 9.64 Å². The summed E-state index contributed by atoms with van der Waals surface area (Å²) in [6, 6.07) is 27.1. The Morgan fingerprint density at radius 2 is 1.58 bits per heavy atom. The lowest BCUT2D eigenvalue weighted by Crippen LogP contribution is -2.50. The molecular formula is C26H27BrN2O2. The summed E-state index contributed by atoms with van der Waals surface area (Å²) >= 11 is 3.54. The second-order valence-corrected chi connectivity index (χ2v) is 8.73. The first kappa shape index (κ1) is 21.6. The number of carbonyl (C=O) groups excluding carboxylic acids is 1. The molecule has 1 aliphatic heterocycles. The summed E-state index contributed by atoms with van der Waals surface area (Å²) in [5, 5.41) is 0. The summed E-state index contributed by atoms with van der Waals surface area (Å²) in [7, 11) is 1.65. The predicted octanol–water partition coefficient (Wildman–Crippen LogP) is 4.93. The Morgan fingerprint density at radius 1 is 0.903 bits per heavy atom. The number of carbonyl (C=O) groups is 1. The van der Waals surface area contributed by atoms with E-state index in [9.17, 15) is 4.79 Å². The third-order valence-electron chi connectivity index (χ3n) is 5.82. The molecule has 1 amide bonds. The monoisotopic (exact) mass is 478 g/mol. The molecular weight excluding hydrogens is 452 g/mol. The van der Waals surface area contributed by atoms with E-state index in [1.165, 1.54) is 11.1 Å². The highest BCUT2D eigenvalue weighted by Crippen LogP contribution is 2.30. The van der Waals surface area contributed by atoms with Crippen molar-refractivity contribution in [1.29, 1.82) is 0 Å². The standard InChI is InChI=1S/C26H27BrN2O2/c1-31-24-9-5-6-20(18-24)19-25(30)28-14-16-29(17-15-28)26(21-7-3-2-4-8-21)22-10-12-23(27)13-11-22/h2-13,18,26H,14-17,19H2,1H3/t26-/m1/s1. The van der Waals surface area contributed by atoms with Gasteiger partial charge in [-0.25, -0.2) is 0 Å². The molecule has 31 heavy (non-hydrogen) atoms. The quantitative estimate of drug-likeness (QED) is 0.503. The zero-order chi connectivity index (χ0) is 21.6. The number of hydrogen-bond donors (Lipinski definition) is 0. The molecule has 1 aliphatic rings. The Kier molecular flexibility index (Phi) is 7.05. The van der Waals surface area contributed by atoms with Gasteiger partial charge in [0.25, 0.3) is 0 Å². The van der Waals surface area contributed by atoms with Crippen molar-refractivity contribution in [2.45, 2.75) is 12.5 Å². The maximum Gasteiger partial charge on any atom is 0.227 e. The molecule has 0 aromatic heterocycles. The number of ether oxygens (including phenoxy) is 1. The van der Waals surface area contributed by atoms with E-state index in [-0.39, 0.29) is 11.9 Å². The average molecular weight is 479 g/mol. The molecule has 4 nitrogen and oxygen atoms in total. The topological polar surface area (TPSA) is 32.8 Å². The van der Waals surface area contributed by atoms with Crippen LogP contribution >= 0.6 is 15.9 Å². The second-order valence-electron chi connectivity index (χ2n) is 7.81. The lowest BCUT2D eigenvalue weighted by atomic mass is 9.96. The number of benzene rings is 3. The third-order valence-corrected chi connectivity index (χ3v) is 6.35. The zero-order valence-electron chi connectivity index (χ0n) is 17.7. The van der Waals surface area contributed by atoms with Crippen LogP contribution in [0.4, 0.5) is 0 Å². The highest BCUT2D eigenvalue weighted by molar-refractivity contribution is 9.10. The number of amides is 1. The molecule has 1 atom stereocenters. The number of hydrogen-bond acceptors (Lipinski definition) is 3. The molecule has 0 radical (unpaired) electrons. The molecule has 0 aliphatic carbocycles. The van der Waals surface area contributed by atoms with Gasteiger partial charge in [-0.15, -0.1) is 0 Å². The number of rotatable bonds is 6. The van der Waals surface area contributed by atoms with Gasteiger partial charge >= 0.3 is 0 Å². The van der Waals surface area contributed by atoms with E-state index in [1.807, 2.05) is 29.2 Å². The van der Waals surface area contributed by atoms with Crippen molar-refractivity contribution >= 4 is 21.8 Å². The van der Waals surface area contributed by atoms with Gasteiger partial charge in [0.05, 0.1) is 19.6 Å². The van der Waals surface area contributed by atoms with E-state index in [0.29, 0.717) is 6.42 Å². The van der Waals surface area contributed by atoms with Crippen LogP contribution in [0.3, 0.4) is 0 Å². The first-order chi connectivity index (χ1) is 15.1. The third kappa shape index (κ3) is 5.35. The fraction of sp³-hybridized carbons (Fsp3) is 0.269. The molecule has 1 heterocycles. The molecule has 4 rings (SSSR count).